The highest BCUT2D eigenvalue weighted by molar-refractivity contribution is 5.79. The molecule has 32 heavy (non-hydrogen) atoms. The van der Waals surface area contributed by atoms with E-state index in [4.69, 9.17) is 10.2 Å². The molecule has 0 radical (unpaired) electrons. The average Bonchev–Trinajstić information content (AvgIpc) is 3.00. The Balaban J connectivity index is 0.00000102. The van der Waals surface area contributed by atoms with Crippen molar-refractivity contribution in [2.75, 3.05) is 47.3 Å². The number of carboxylic acids is 2. The van der Waals surface area contributed by atoms with Gasteiger partial charge in [0.05, 0.1) is 27.7 Å². The number of hydrogen-bond acceptors (Lipinski definition) is 4. The first-order valence-corrected chi connectivity index (χ1v) is 12.4. The topological polar surface area (TPSA) is 107 Å². The number of aliphatic imine (C=N–C) groups is 1. The summed E-state index contributed by atoms with van der Waals surface area (Å²) in [7, 11) is 5.52. The van der Waals surface area contributed by atoms with Crippen molar-refractivity contribution in [3.8, 4) is 0 Å². The number of hydrogen-bond donors (Lipinski definition) is 3. The van der Waals surface area contributed by atoms with Crippen molar-refractivity contribution in [1.82, 2.24) is 0 Å². The molecular weight excluding hydrogens is 410 g/mol. The maximum absolute atomic E-state index is 10.9. The number of hydroxylamine groups is 3. The summed E-state index contributed by atoms with van der Waals surface area (Å²) in [4.78, 5) is 25.2. The Hall–Kier alpha value is -1.51. The third kappa shape index (κ3) is 17.1. The highest BCUT2D eigenvalue weighted by Crippen LogP contribution is 2.18. The van der Waals surface area contributed by atoms with E-state index in [1.54, 1.807) is 0 Å². The summed E-state index contributed by atoms with van der Waals surface area (Å²) in [5.74, 6) is -1.07. The van der Waals surface area contributed by atoms with Crippen molar-refractivity contribution < 1.29 is 34.1 Å². The molecule has 1 heterocycles. The minimum atomic E-state index is -0.971. The summed E-state index contributed by atoms with van der Waals surface area (Å²) in [5, 5.41) is 27.5. The molecule has 1 unspecified atom stereocenters. The molecule has 0 bridgehead atoms. The molecule has 0 aromatic heterocycles. The van der Waals surface area contributed by atoms with E-state index < -0.39 is 16.6 Å². The average molecular weight is 460 g/mol. The van der Waals surface area contributed by atoms with E-state index in [9.17, 15) is 14.8 Å². The molecule has 0 aromatic carbocycles. The molecule has 0 amide bonds. The Morgan fingerprint density at radius 3 is 1.69 bits per heavy atom. The molecule has 8 nitrogen and oxygen atoms in total. The van der Waals surface area contributed by atoms with Gasteiger partial charge in [-0.1, -0.05) is 77.6 Å². The van der Waals surface area contributed by atoms with Crippen LogP contribution in [0, 0.1) is 0 Å². The summed E-state index contributed by atoms with van der Waals surface area (Å²) >= 11 is 0. The number of aliphatic carboxylic acids is 2. The Morgan fingerprint density at radius 2 is 1.31 bits per heavy atom. The van der Waals surface area contributed by atoms with E-state index in [-0.39, 0.29) is 13.1 Å². The first-order chi connectivity index (χ1) is 15.0. The second-order valence-corrected chi connectivity index (χ2v) is 9.98. The molecule has 0 fully saturated rings. The number of unbranched alkanes of at least 4 members (excludes halogenated alkanes) is 11. The van der Waals surface area contributed by atoms with Crippen molar-refractivity contribution in [2.24, 2.45) is 4.99 Å². The molecule has 1 atom stereocenters. The van der Waals surface area contributed by atoms with Crippen LogP contribution in [0.15, 0.2) is 4.99 Å². The zero-order chi connectivity index (χ0) is 24.5. The summed E-state index contributed by atoms with van der Waals surface area (Å²) in [6.07, 6.45) is 16.3. The minimum absolute atomic E-state index is 0.181. The number of likely N-dealkylation sites (N-methyl/N-ethyl adjacent to an activating group) is 1. The van der Waals surface area contributed by atoms with Gasteiger partial charge in [0.1, 0.15) is 6.54 Å². The van der Waals surface area contributed by atoms with Crippen LogP contribution in [0.2, 0.25) is 0 Å². The van der Waals surface area contributed by atoms with Crippen LogP contribution in [0.1, 0.15) is 90.4 Å². The molecule has 3 N–H and O–H groups in total. The number of quaternary nitrogens is 2. The smallest absolute Gasteiger partial charge is 0.362 e. The van der Waals surface area contributed by atoms with Gasteiger partial charge in [-0.05, 0) is 6.42 Å². The van der Waals surface area contributed by atoms with Gasteiger partial charge in [0.15, 0.2) is 6.54 Å². The van der Waals surface area contributed by atoms with Gasteiger partial charge in [0, 0.05) is 6.42 Å². The van der Waals surface area contributed by atoms with Crippen LogP contribution >= 0.6 is 0 Å². The largest absolute Gasteiger partial charge is 0.477 e. The molecule has 0 spiro atoms. The van der Waals surface area contributed by atoms with Gasteiger partial charge in [-0.2, -0.15) is 0 Å². The van der Waals surface area contributed by atoms with Gasteiger partial charge in [-0.15, -0.1) is 4.65 Å². The number of amidine groups is 1. The quantitative estimate of drug-likeness (QED) is 0.218. The minimum Gasteiger partial charge on any atom is -0.477 e. The van der Waals surface area contributed by atoms with Crippen LogP contribution in [0.4, 0.5) is 0 Å². The van der Waals surface area contributed by atoms with Crippen molar-refractivity contribution in [3.63, 3.8) is 0 Å². The van der Waals surface area contributed by atoms with E-state index in [0.717, 1.165) is 19.3 Å². The van der Waals surface area contributed by atoms with Gasteiger partial charge in [0.25, 0.3) is 0 Å². The third-order valence-corrected chi connectivity index (χ3v) is 5.51. The summed E-state index contributed by atoms with van der Waals surface area (Å²) in [5.41, 5.74) is 0. The van der Waals surface area contributed by atoms with E-state index >= 15 is 0 Å². The van der Waals surface area contributed by atoms with Crippen LogP contribution in [-0.2, 0) is 9.59 Å². The molecule has 188 valence electrons. The van der Waals surface area contributed by atoms with Gasteiger partial charge in [0.2, 0.25) is 12.4 Å². The van der Waals surface area contributed by atoms with Crippen LogP contribution in [0.3, 0.4) is 0 Å². The van der Waals surface area contributed by atoms with Gasteiger partial charge >= 0.3 is 11.9 Å². The summed E-state index contributed by atoms with van der Waals surface area (Å²) in [6, 6.07) is 0. The molecule has 8 heteroatoms. The third-order valence-electron chi connectivity index (χ3n) is 5.51. The predicted molar refractivity (Wildman–Crippen MR) is 128 cm³/mol. The Bertz CT molecular complexity index is 560. The van der Waals surface area contributed by atoms with Crippen molar-refractivity contribution in [3.05, 3.63) is 0 Å². The molecule has 0 aromatic rings. The van der Waals surface area contributed by atoms with E-state index in [0.29, 0.717) is 23.4 Å². The lowest BCUT2D eigenvalue weighted by Crippen LogP contribution is -2.50. The molecule has 1 rings (SSSR count). The van der Waals surface area contributed by atoms with E-state index in [2.05, 4.69) is 11.9 Å². The van der Waals surface area contributed by atoms with Crippen molar-refractivity contribution in [2.45, 2.75) is 90.4 Å². The summed E-state index contributed by atoms with van der Waals surface area (Å²) in [6.45, 7) is 3.11. The second kappa shape index (κ2) is 17.0. The molecule has 1 aliphatic rings. The highest BCUT2D eigenvalue weighted by atomic mass is 16.6. The maximum atomic E-state index is 10.9. The number of rotatable bonds is 17. The number of nitrogens with zero attached hydrogens (tertiary/aromatic N) is 3. The molecule has 1 aliphatic heterocycles. The first-order valence-electron chi connectivity index (χ1n) is 12.4. The van der Waals surface area contributed by atoms with Gasteiger partial charge < -0.3 is 14.7 Å². The standard InChI is InChI=1S/C19H36N2O3.C5H11NO2/c1-2-3-4-5-6-7-8-9-10-11-12-13-14-18-20-15-16-21(18,24)17-19(22)23;1-6(2,3)4-5(7)8/h24H,2-17H2,1H3;4H2,1-3H3/p+2. The van der Waals surface area contributed by atoms with E-state index in [1.807, 2.05) is 21.1 Å². The Morgan fingerprint density at radius 1 is 0.844 bits per heavy atom. The lowest BCUT2D eigenvalue weighted by Gasteiger charge is -2.23. The van der Waals surface area contributed by atoms with E-state index in [1.165, 1.54) is 64.2 Å². The van der Waals surface area contributed by atoms with Crippen molar-refractivity contribution >= 4 is 17.8 Å². The van der Waals surface area contributed by atoms with Crippen molar-refractivity contribution in [1.29, 1.82) is 0 Å². The number of carbonyl (C=O) groups is 2. The molecule has 0 aliphatic carbocycles. The maximum Gasteiger partial charge on any atom is 0.362 e. The zero-order valence-corrected chi connectivity index (χ0v) is 21.0. The van der Waals surface area contributed by atoms with Crippen LogP contribution in [0.25, 0.3) is 0 Å². The lowest BCUT2D eigenvalue weighted by atomic mass is 10.0. The number of carboxylic acid groups (broad SMARTS) is 2. The molecular formula is C24H49N3O5+2. The highest BCUT2D eigenvalue weighted by Gasteiger charge is 2.39. The fourth-order valence-corrected chi connectivity index (χ4v) is 3.82. The molecule has 0 saturated heterocycles. The lowest BCUT2D eigenvalue weighted by molar-refractivity contribution is -1.02. The Kier molecular flexibility index (Phi) is 16.2. The first kappa shape index (κ1) is 30.5. The fourth-order valence-electron chi connectivity index (χ4n) is 3.82. The monoisotopic (exact) mass is 459 g/mol. The van der Waals surface area contributed by atoms with Gasteiger partial charge in [-0.25, -0.2) is 19.8 Å². The van der Waals surface area contributed by atoms with Crippen LogP contribution in [0.5, 0.6) is 0 Å². The summed E-state index contributed by atoms with van der Waals surface area (Å²) < 4.78 is 0.00268. The second-order valence-electron chi connectivity index (χ2n) is 9.98. The SMILES string of the molecule is CCCCCCCCCCCCCCC1=NCC[N+]1(O)CC(=O)O.C[N+](C)(C)CC(=O)O. The van der Waals surface area contributed by atoms with Crippen LogP contribution < -0.4 is 0 Å². The predicted octanol–water partition coefficient (Wildman–Crippen LogP) is 4.56. The zero-order valence-electron chi connectivity index (χ0n) is 21.0. The van der Waals surface area contributed by atoms with Crippen LogP contribution in [-0.4, -0.2) is 89.6 Å². The Labute approximate surface area is 195 Å². The normalized spacial score (nSPS) is 18.1. The fraction of sp³-hybridized carbons (Fsp3) is 0.875. The molecule has 0 saturated carbocycles. The van der Waals surface area contributed by atoms with Gasteiger partial charge in [-0.3, -0.25) is 0 Å².